The maximum Gasteiger partial charge on any atom is 0.325 e. The van der Waals surface area contributed by atoms with Crippen LogP contribution in [-0.2, 0) is 44.8 Å². The molecule has 0 bridgehead atoms. The predicted molar refractivity (Wildman–Crippen MR) is 186 cm³/mol. The number of nitrogens with zero attached hydrogens (tertiary/aromatic N) is 1. The van der Waals surface area contributed by atoms with E-state index >= 15 is 0 Å². The summed E-state index contributed by atoms with van der Waals surface area (Å²) in [6.07, 6.45) is 0.576. The van der Waals surface area contributed by atoms with Crippen LogP contribution < -0.4 is 55.3 Å². The van der Waals surface area contributed by atoms with E-state index in [9.17, 15) is 38.4 Å². The van der Waals surface area contributed by atoms with Crippen molar-refractivity contribution >= 4 is 64.2 Å². The second kappa shape index (κ2) is 20.4. The number of fused-ring (bicyclic) bond motifs is 1. The van der Waals surface area contributed by atoms with Crippen LogP contribution in [0.5, 0.6) is 0 Å². The van der Waals surface area contributed by atoms with Crippen LogP contribution >= 0.6 is 0 Å². The molecule has 284 valence electrons. The van der Waals surface area contributed by atoms with Crippen molar-refractivity contribution in [2.45, 2.75) is 75.7 Å². The second-order valence-corrected chi connectivity index (χ2v) is 11.8. The van der Waals surface area contributed by atoms with E-state index in [4.69, 9.17) is 33.8 Å². The van der Waals surface area contributed by atoms with Gasteiger partial charge in [-0.15, -0.1) is 0 Å². The fourth-order valence-corrected chi connectivity index (χ4v) is 4.83. The average Bonchev–Trinajstić information content (AvgIpc) is 3.48. The molecule has 1 aromatic carbocycles. The minimum absolute atomic E-state index is 0.00958. The Bertz CT molecular complexity index is 1660. The summed E-state index contributed by atoms with van der Waals surface area (Å²) in [5.41, 5.74) is 28.8. The number of H-pyrrole nitrogens is 1. The molecule has 0 aliphatic carbocycles. The average molecular weight is 731 g/mol. The number of benzene rings is 1. The number of rotatable bonds is 22. The van der Waals surface area contributed by atoms with Crippen molar-refractivity contribution in [2.75, 3.05) is 13.1 Å². The van der Waals surface area contributed by atoms with Gasteiger partial charge in [0, 0.05) is 30.1 Å². The van der Waals surface area contributed by atoms with Gasteiger partial charge < -0.3 is 65.3 Å². The van der Waals surface area contributed by atoms with Gasteiger partial charge in [0.1, 0.15) is 24.2 Å². The summed E-state index contributed by atoms with van der Waals surface area (Å²) in [7, 11) is 0. The fourth-order valence-electron chi connectivity index (χ4n) is 4.83. The van der Waals surface area contributed by atoms with Gasteiger partial charge in [0.25, 0.3) is 0 Å². The molecule has 21 nitrogen and oxygen atoms in total. The molecule has 0 unspecified atom stereocenters. The third kappa shape index (κ3) is 14.3. The number of hydrogen-bond acceptors (Lipinski definition) is 10. The topological polar surface area (TPSA) is 375 Å². The number of aromatic amines is 1. The second-order valence-electron chi connectivity index (χ2n) is 11.8. The fraction of sp³-hybridized carbons (Fsp3) is 0.452. The van der Waals surface area contributed by atoms with Gasteiger partial charge in [-0.05, 0) is 44.2 Å². The van der Waals surface area contributed by atoms with E-state index in [2.05, 4.69) is 36.6 Å². The molecule has 5 atom stereocenters. The van der Waals surface area contributed by atoms with E-state index in [1.54, 1.807) is 6.20 Å². The molecule has 1 aromatic heterocycles. The number of nitrogens with one attached hydrogen (secondary N) is 6. The largest absolute Gasteiger partial charge is 0.480 e. The molecular formula is C31H46N12O9. The van der Waals surface area contributed by atoms with Crippen molar-refractivity contribution in [3.8, 4) is 0 Å². The summed E-state index contributed by atoms with van der Waals surface area (Å²) in [6, 6.07) is 0.587. The van der Waals surface area contributed by atoms with E-state index in [1.807, 2.05) is 24.3 Å². The number of aliphatic carboxylic acids is 1. The van der Waals surface area contributed by atoms with E-state index in [1.165, 1.54) is 6.92 Å². The minimum Gasteiger partial charge on any atom is -0.480 e. The quantitative estimate of drug-likeness (QED) is 0.0309. The number of hydrogen-bond donors (Lipinski definition) is 12. The lowest BCUT2D eigenvalue weighted by molar-refractivity contribution is -0.141. The molecule has 2 rings (SSSR count). The number of carbonyl (C=O) groups is 8. The Labute approximate surface area is 297 Å². The van der Waals surface area contributed by atoms with Gasteiger partial charge in [-0.25, -0.2) is 0 Å². The molecule has 0 fully saturated rings. The lowest BCUT2D eigenvalue weighted by Crippen LogP contribution is -2.57. The number of guanidine groups is 1. The first kappa shape index (κ1) is 41.9. The van der Waals surface area contributed by atoms with Crippen LogP contribution in [0.4, 0.5) is 0 Å². The molecular weight excluding hydrogens is 684 g/mol. The molecule has 0 saturated heterocycles. The molecule has 1 heterocycles. The Balaban J connectivity index is 2.10. The molecule has 21 heteroatoms. The number of amides is 7. The molecule has 0 aliphatic heterocycles. The number of aliphatic imine (C=N–C) groups is 1. The van der Waals surface area contributed by atoms with Crippen LogP contribution in [0, 0.1) is 0 Å². The van der Waals surface area contributed by atoms with E-state index in [0.717, 1.165) is 16.5 Å². The van der Waals surface area contributed by atoms with Gasteiger partial charge in [-0.2, -0.15) is 0 Å². The number of carboxylic acid groups (broad SMARTS) is 1. The van der Waals surface area contributed by atoms with Crippen molar-refractivity contribution in [3.63, 3.8) is 0 Å². The predicted octanol–water partition coefficient (Wildman–Crippen LogP) is -4.61. The Morgan fingerprint density at radius 1 is 0.808 bits per heavy atom. The smallest absolute Gasteiger partial charge is 0.325 e. The zero-order valence-corrected chi connectivity index (χ0v) is 28.5. The molecule has 0 radical (unpaired) electrons. The van der Waals surface area contributed by atoms with Crippen LogP contribution in [0.15, 0.2) is 35.5 Å². The van der Waals surface area contributed by atoms with Crippen LogP contribution in [0.1, 0.15) is 44.6 Å². The highest BCUT2D eigenvalue weighted by molar-refractivity contribution is 5.97. The van der Waals surface area contributed by atoms with E-state index in [0.29, 0.717) is 0 Å². The number of aromatic nitrogens is 1. The monoisotopic (exact) mass is 730 g/mol. The molecule has 7 amide bonds. The molecule has 0 spiro atoms. The summed E-state index contributed by atoms with van der Waals surface area (Å²) < 4.78 is 0. The van der Waals surface area contributed by atoms with E-state index in [-0.39, 0.29) is 44.6 Å². The maximum atomic E-state index is 13.3. The lowest BCUT2D eigenvalue weighted by atomic mass is 10.0. The first-order valence-corrected chi connectivity index (χ1v) is 16.1. The first-order valence-electron chi connectivity index (χ1n) is 16.1. The normalized spacial score (nSPS) is 13.7. The molecule has 17 N–H and O–H groups in total. The van der Waals surface area contributed by atoms with Crippen LogP contribution in [0.3, 0.4) is 0 Å². The standard InChI is InChI=1S/C31H46N12O9/c1-15(30(51)52)40-28(49)20(7-4-10-37-31(35)36)41-25(46)14-39-27(48)21(8-9-23(33)44)42-29(50)22(12-24(34)45)43-26(47)18(32)11-16-13-38-19-6-3-2-5-17(16)19/h2-3,5-6,13,15,18,20-22,38H,4,7-12,14,32H2,1H3,(H2,33,44)(H2,34,45)(H,39,48)(H,40,49)(H,41,46)(H,42,50)(H,43,47)(H,51,52)(H4,35,36,37)/t15-,18-,20-,21-,22-/m0/s1. The van der Waals surface area contributed by atoms with Gasteiger partial charge in [-0.1, -0.05) is 18.2 Å². The van der Waals surface area contributed by atoms with E-state index < -0.39 is 90.5 Å². The zero-order valence-electron chi connectivity index (χ0n) is 28.5. The van der Waals surface area contributed by atoms with Crippen molar-refractivity contribution in [3.05, 3.63) is 36.0 Å². The number of carboxylic acids is 1. The van der Waals surface area contributed by atoms with Crippen LogP contribution in [0.25, 0.3) is 10.9 Å². The summed E-state index contributed by atoms with van der Waals surface area (Å²) in [5, 5.41) is 21.6. The number of primary amides is 2. The Hall–Kier alpha value is -6.25. The zero-order chi connectivity index (χ0) is 39.0. The van der Waals surface area contributed by atoms with Gasteiger partial charge in [0.05, 0.1) is 19.0 Å². The molecule has 52 heavy (non-hydrogen) atoms. The van der Waals surface area contributed by atoms with Crippen molar-refractivity contribution < 1.29 is 43.5 Å². The highest BCUT2D eigenvalue weighted by Gasteiger charge is 2.30. The number of carbonyl (C=O) groups excluding carboxylic acids is 7. The third-order valence-corrected chi connectivity index (χ3v) is 7.55. The summed E-state index contributed by atoms with van der Waals surface area (Å²) >= 11 is 0. The first-order chi connectivity index (χ1) is 24.5. The number of nitrogens with two attached hydrogens (primary N) is 5. The van der Waals surface area contributed by atoms with Gasteiger partial charge >= 0.3 is 5.97 Å². The van der Waals surface area contributed by atoms with Crippen molar-refractivity contribution in [1.29, 1.82) is 0 Å². The molecule has 0 saturated carbocycles. The Morgan fingerprint density at radius 2 is 1.44 bits per heavy atom. The summed E-state index contributed by atoms with van der Waals surface area (Å²) in [5.74, 6) is -7.77. The SMILES string of the molecule is C[C@H](NC(=O)[C@H](CCCN=C(N)N)NC(=O)CNC(=O)[C@H](CCC(N)=O)NC(=O)[C@H](CC(N)=O)NC(=O)[C@@H](N)Cc1c[nH]c2ccccc12)C(=O)O. The highest BCUT2D eigenvalue weighted by atomic mass is 16.4. The van der Waals surface area contributed by atoms with Gasteiger partial charge in [0.2, 0.25) is 41.4 Å². The molecule has 2 aromatic rings. The summed E-state index contributed by atoms with van der Waals surface area (Å²) in [6.45, 7) is 0.595. The highest BCUT2D eigenvalue weighted by Crippen LogP contribution is 2.19. The van der Waals surface area contributed by atoms with Crippen LogP contribution in [0.2, 0.25) is 0 Å². The Kier molecular flexibility index (Phi) is 16.5. The Morgan fingerprint density at radius 3 is 2.08 bits per heavy atom. The lowest BCUT2D eigenvalue weighted by Gasteiger charge is -2.24. The number of para-hydroxylation sites is 1. The van der Waals surface area contributed by atoms with Crippen molar-refractivity contribution in [2.24, 2.45) is 33.7 Å². The van der Waals surface area contributed by atoms with Crippen LogP contribution in [-0.4, -0.2) is 107 Å². The third-order valence-electron chi connectivity index (χ3n) is 7.55. The maximum absolute atomic E-state index is 13.3. The van der Waals surface area contributed by atoms with Gasteiger partial charge in [-0.3, -0.25) is 43.3 Å². The van der Waals surface area contributed by atoms with Crippen molar-refractivity contribution in [1.82, 2.24) is 31.6 Å². The summed E-state index contributed by atoms with van der Waals surface area (Å²) in [4.78, 5) is 106. The molecule has 0 aliphatic rings. The minimum atomic E-state index is -1.57. The van der Waals surface area contributed by atoms with Gasteiger partial charge in [0.15, 0.2) is 5.96 Å².